The number of carbonyl (C=O) groups excluding carboxylic acids is 3. The molecule has 2 aliphatic rings. The van der Waals surface area contributed by atoms with Crippen LogP contribution in [0.4, 0.5) is 4.79 Å². The van der Waals surface area contributed by atoms with Crippen molar-refractivity contribution in [2.24, 2.45) is 5.92 Å². The number of nitrogens with zero attached hydrogens (tertiary/aromatic N) is 2. The van der Waals surface area contributed by atoms with Crippen LogP contribution in [0.25, 0.3) is 10.9 Å². The summed E-state index contributed by atoms with van der Waals surface area (Å²) in [6.45, 7) is 3.43. The van der Waals surface area contributed by atoms with Crippen molar-refractivity contribution in [3.8, 4) is 0 Å². The summed E-state index contributed by atoms with van der Waals surface area (Å²) in [7, 11) is 1.28. The number of rotatable bonds is 5. The summed E-state index contributed by atoms with van der Waals surface area (Å²) in [5.74, 6) is 0.221. The topological polar surface area (TPSA) is 94.7 Å². The number of H-pyrrole nitrogens is 1. The average molecular weight is 412 g/mol. The van der Waals surface area contributed by atoms with Gasteiger partial charge in [0.15, 0.2) is 0 Å². The van der Waals surface area contributed by atoms with E-state index in [4.69, 9.17) is 4.74 Å². The second kappa shape index (κ2) is 8.38. The minimum atomic E-state index is -0.741. The summed E-state index contributed by atoms with van der Waals surface area (Å²) in [4.78, 5) is 44.5. The van der Waals surface area contributed by atoms with Crippen LogP contribution in [-0.4, -0.2) is 71.5 Å². The first-order valence-electron chi connectivity index (χ1n) is 10.5. The van der Waals surface area contributed by atoms with Crippen molar-refractivity contribution in [2.45, 2.75) is 38.3 Å². The third-order valence-electron chi connectivity index (χ3n) is 6.02. The molecule has 0 radical (unpaired) electrons. The van der Waals surface area contributed by atoms with Gasteiger partial charge in [0.05, 0.1) is 7.11 Å². The van der Waals surface area contributed by atoms with E-state index in [1.54, 1.807) is 4.90 Å². The molecule has 2 aromatic rings. The van der Waals surface area contributed by atoms with Gasteiger partial charge in [-0.2, -0.15) is 0 Å². The number of piperazine rings is 1. The smallest absolute Gasteiger partial charge is 0.407 e. The molecule has 1 aliphatic carbocycles. The summed E-state index contributed by atoms with van der Waals surface area (Å²) in [5.41, 5.74) is 1.94. The number of hydrogen-bond acceptors (Lipinski definition) is 4. The minimum absolute atomic E-state index is 0.0392. The molecule has 2 N–H and O–H groups in total. The van der Waals surface area contributed by atoms with Crippen molar-refractivity contribution in [3.63, 3.8) is 0 Å². The number of nitrogens with one attached hydrogen (secondary N) is 2. The fourth-order valence-electron chi connectivity index (χ4n) is 4.19. The van der Waals surface area contributed by atoms with Crippen molar-refractivity contribution in [1.29, 1.82) is 0 Å². The number of amides is 3. The number of aromatic nitrogens is 1. The lowest BCUT2D eigenvalue weighted by Gasteiger charge is -2.41. The first kappa shape index (κ1) is 20.3. The van der Waals surface area contributed by atoms with Gasteiger partial charge in [-0.3, -0.25) is 9.59 Å². The highest BCUT2D eigenvalue weighted by Gasteiger charge is 2.39. The Morgan fingerprint density at radius 1 is 1.23 bits per heavy atom. The summed E-state index contributed by atoms with van der Waals surface area (Å²) in [6.07, 6.45) is 3.54. The Morgan fingerprint density at radius 3 is 2.70 bits per heavy atom. The zero-order valence-electron chi connectivity index (χ0n) is 17.4. The van der Waals surface area contributed by atoms with Gasteiger partial charge in [-0.25, -0.2) is 4.79 Å². The number of fused-ring (bicyclic) bond motifs is 1. The molecule has 2 atom stereocenters. The van der Waals surface area contributed by atoms with Crippen molar-refractivity contribution in [1.82, 2.24) is 20.1 Å². The fourth-order valence-corrected chi connectivity index (χ4v) is 4.19. The maximum absolute atomic E-state index is 13.3. The zero-order valence-corrected chi connectivity index (χ0v) is 17.4. The lowest BCUT2D eigenvalue weighted by atomic mass is 10.0. The van der Waals surface area contributed by atoms with Crippen LogP contribution in [0.1, 0.15) is 25.3 Å². The van der Waals surface area contributed by atoms with Crippen LogP contribution in [0.3, 0.4) is 0 Å². The Balaban J connectivity index is 1.48. The Labute approximate surface area is 175 Å². The van der Waals surface area contributed by atoms with E-state index >= 15 is 0 Å². The maximum Gasteiger partial charge on any atom is 0.407 e. The Hall–Kier alpha value is -3.03. The molecule has 8 nitrogen and oxygen atoms in total. The van der Waals surface area contributed by atoms with Crippen LogP contribution >= 0.6 is 0 Å². The molecule has 1 aromatic carbocycles. The number of hydrogen-bond donors (Lipinski definition) is 2. The summed E-state index contributed by atoms with van der Waals surface area (Å²) < 4.78 is 4.75. The predicted octanol–water partition coefficient (Wildman–Crippen LogP) is 1.90. The van der Waals surface area contributed by atoms with Crippen LogP contribution < -0.4 is 5.32 Å². The molecule has 2 heterocycles. The SMILES string of the molecule is COC(=O)NC(Cc1c[nH]c2ccccc12)C(=O)N1CCN(C(=O)C2CC2)C(C)C1. The molecule has 0 spiro atoms. The second-order valence-corrected chi connectivity index (χ2v) is 8.19. The fraction of sp³-hybridized carbons (Fsp3) is 0.500. The second-order valence-electron chi connectivity index (χ2n) is 8.19. The van der Waals surface area contributed by atoms with Crippen molar-refractivity contribution >= 4 is 28.8 Å². The molecule has 1 saturated heterocycles. The summed E-state index contributed by atoms with van der Waals surface area (Å²) in [6, 6.07) is 7.08. The maximum atomic E-state index is 13.3. The van der Waals surface area contributed by atoms with Gasteiger partial charge in [0.1, 0.15) is 6.04 Å². The van der Waals surface area contributed by atoms with E-state index in [0.29, 0.717) is 26.1 Å². The van der Waals surface area contributed by atoms with Crippen LogP contribution in [0, 0.1) is 5.92 Å². The first-order chi connectivity index (χ1) is 14.5. The van der Waals surface area contributed by atoms with Crippen molar-refractivity contribution in [3.05, 3.63) is 36.0 Å². The normalized spacial score (nSPS) is 20.1. The van der Waals surface area contributed by atoms with Gasteiger partial charge in [-0.1, -0.05) is 18.2 Å². The standard InChI is InChI=1S/C22H28N4O4/c1-14-13-25(9-10-26(14)20(27)15-7-8-15)21(28)19(24-22(29)30-2)11-16-12-23-18-6-4-3-5-17(16)18/h3-6,12,14-15,19,23H,7-11,13H2,1-2H3,(H,24,29). The van der Waals surface area contributed by atoms with Gasteiger partial charge < -0.3 is 24.8 Å². The number of methoxy groups -OCH3 is 1. The molecule has 1 aromatic heterocycles. The van der Waals surface area contributed by atoms with E-state index in [2.05, 4.69) is 10.3 Å². The van der Waals surface area contributed by atoms with E-state index in [0.717, 1.165) is 29.3 Å². The third kappa shape index (κ3) is 4.13. The Kier molecular flexibility index (Phi) is 5.65. The van der Waals surface area contributed by atoms with Gasteiger partial charge in [0, 0.05) is 55.1 Å². The highest BCUT2D eigenvalue weighted by Crippen LogP contribution is 2.32. The number of ether oxygens (including phenoxy) is 1. The van der Waals surface area contributed by atoms with E-state index in [9.17, 15) is 14.4 Å². The monoisotopic (exact) mass is 412 g/mol. The van der Waals surface area contributed by atoms with Crippen molar-refractivity contribution in [2.75, 3.05) is 26.7 Å². The zero-order chi connectivity index (χ0) is 21.3. The lowest BCUT2D eigenvalue weighted by molar-refractivity contribution is -0.144. The highest BCUT2D eigenvalue weighted by molar-refractivity contribution is 5.89. The van der Waals surface area contributed by atoms with Crippen molar-refractivity contribution < 1.29 is 19.1 Å². The number of alkyl carbamates (subject to hydrolysis) is 1. The van der Waals surface area contributed by atoms with Gasteiger partial charge in [0.25, 0.3) is 0 Å². The molecule has 3 amide bonds. The van der Waals surface area contributed by atoms with Crippen LogP contribution in [0.5, 0.6) is 0 Å². The van der Waals surface area contributed by atoms with Crippen LogP contribution in [0.2, 0.25) is 0 Å². The van der Waals surface area contributed by atoms with E-state index in [-0.39, 0.29) is 23.8 Å². The van der Waals surface area contributed by atoms with Crippen LogP contribution in [0.15, 0.2) is 30.5 Å². The number of carbonyl (C=O) groups is 3. The van der Waals surface area contributed by atoms with Gasteiger partial charge in [-0.15, -0.1) is 0 Å². The minimum Gasteiger partial charge on any atom is -0.453 e. The predicted molar refractivity (Wildman–Crippen MR) is 112 cm³/mol. The quantitative estimate of drug-likeness (QED) is 0.784. The van der Waals surface area contributed by atoms with Gasteiger partial charge in [-0.05, 0) is 31.4 Å². The molecular formula is C22H28N4O4. The number of para-hydroxylation sites is 1. The van der Waals surface area contributed by atoms with E-state index < -0.39 is 12.1 Å². The number of aromatic amines is 1. The molecule has 2 unspecified atom stereocenters. The van der Waals surface area contributed by atoms with Gasteiger partial charge >= 0.3 is 6.09 Å². The molecule has 0 bridgehead atoms. The van der Waals surface area contributed by atoms with Gasteiger partial charge in [0.2, 0.25) is 11.8 Å². The van der Waals surface area contributed by atoms with E-state index in [1.807, 2.05) is 42.3 Å². The number of benzene rings is 1. The Morgan fingerprint density at radius 2 is 2.00 bits per heavy atom. The molecular weight excluding hydrogens is 384 g/mol. The van der Waals surface area contributed by atoms with Crippen LogP contribution in [-0.2, 0) is 20.7 Å². The van der Waals surface area contributed by atoms with E-state index in [1.165, 1.54) is 7.11 Å². The molecule has 1 aliphatic heterocycles. The molecule has 30 heavy (non-hydrogen) atoms. The molecule has 2 fully saturated rings. The summed E-state index contributed by atoms with van der Waals surface area (Å²) in [5, 5.41) is 3.72. The first-order valence-corrected chi connectivity index (χ1v) is 10.5. The molecule has 160 valence electrons. The average Bonchev–Trinajstić information content (AvgIpc) is 3.53. The highest BCUT2D eigenvalue weighted by atomic mass is 16.5. The summed E-state index contributed by atoms with van der Waals surface area (Å²) >= 11 is 0. The molecule has 1 saturated carbocycles. The third-order valence-corrected chi connectivity index (χ3v) is 6.02. The lowest BCUT2D eigenvalue weighted by Crippen LogP contribution is -2.59. The Bertz CT molecular complexity index is 952. The molecule has 4 rings (SSSR count). The largest absolute Gasteiger partial charge is 0.453 e. The molecule has 8 heteroatoms.